The minimum atomic E-state index is -0.0515. The van der Waals surface area contributed by atoms with Crippen LogP contribution in [-0.2, 0) is 4.74 Å². The Labute approximate surface area is 199 Å². The normalized spacial score (nSPS) is 16.5. The van der Waals surface area contributed by atoms with Crippen molar-refractivity contribution in [2.24, 2.45) is 4.99 Å². The number of benzene rings is 1. The minimum absolute atomic E-state index is 0. The highest BCUT2D eigenvalue weighted by Gasteiger charge is 2.19. The van der Waals surface area contributed by atoms with E-state index < -0.39 is 0 Å². The van der Waals surface area contributed by atoms with Crippen molar-refractivity contribution in [1.82, 2.24) is 15.5 Å². The van der Waals surface area contributed by atoms with Crippen molar-refractivity contribution in [2.45, 2.75) is 45.3 Å². The van der Waals surface area contributed by atoms with Crippen LogP contribution in [0.4, 0.5) is 0 Å². The lowest BCUT2D eigenvalue weighted by Crippen LogP contribution is -2.49. The van der Waals surface area contributed by atoms with Crippen molar-refractivity contribution in [3.05, 3.63) is 24.3 Å². The lowest BCUT2D eigenvalue weighted by molar-refractivity contribution is 0.155. The lowest BCUT2D eigenvalue weighted by atomic mass is 10.1. The number of ether oxygens (including phenoxy) is 3. The molecule has 0 saturated carbocycles. The van der Waals surface area contributed by atoms with E-state index in [9.17, 15) is 0 Å². The van der Waals surface area contributed by atoms with Gasteiger partial charge in [0.15, 0.2) is 17.5 Å². The molecule has 7 nitrogen and oxygen atoms in total. The number of nitrogens with one attached hydrogen (secondary N) is 2. The summed E-state index contributed by atoms with van der Waals surface area (Å²) in [7, 11) is 3.42. The molecule has 30 heavy (non-hydrogen) atoms. The van der Waals surface area contributed by atoms with E-state index in [1.165, 1.54) is 0 Å². The number of nitrogens with zero attached hydrogens (tertiary/aromatic N) is 2. The Hall–Kier alpha value is -1.26. The van der Waals surface area contributed by atoms with E-state index in [4.69, 9.17) is 19.2 Å². The van der Waals surface area contributed by atoms with E-state index in [2.05, 4.69) is 22.5 Å². The first kappa shape index (κ1) is 26.8. The summed E-state index contributed by atoms with van der Waals surface area (Å²) in [4.78, 5) is 7.26. The molecule has 2 rings (SSSR count). The Morgan fingerprint density at radius 3 is 2.53 bits per heavy atom. The van der Waals surface area contributed by atoms with Crippen molar-refractivity contribution in [1.29, 1.82) is 0 Å². The van der Waals surface area contributed by atoms with Gasteiger partial charge in [-0.15, -0.1) is 24.0 Å². The Balaban J connectivity index is 0.00000450. The maximum Gasteiger partial charge on any atom is 0.191 e. The zero-order valence-electron chi connectivity index (χ0n) is 18.9. The van der Waals surface area contributed by atoms with E-state index in [1.807, 2.05) is 31.2 Å². The van der Waals surface area contributed by atoms with E-state index in [0.717, 1.165) is 69.5 Å². The second kappa shape index (κ2) is 15.5. The SMILES string of the molecule is CCNC(=NCC(C)Oc1ccccc1OC)NC1CCN(CCCOC)CC1.I. The van der Waals surface area contributed by atoms with Gasteiger partial charge in [-0.25, -0.2) is 4.99 Å². The zero-order valence-corrected chi connectivity index (χ0v) is 21.2. The van der Waals surface area contributed by atoms with Crippen LogP contribution in [0.5, 0.6) is 11.5 Å². The molecule has 0 bridgehead atoms. The number of guanidine groups is 1. The second-order valence-electron chi connectivity index (χ2n) is 7.41. The molecule has 2 N–H and O–H groups in total. The van der Waals surface area contributed by atoms with Crippen LogP contribution in [0.15, 0.2) is 29.3 Å². The van der Waals surface area contributed by atoms with E-state index in [-0.39, 0.29) is 30.1 Å². The van der Waals surface area contributed by atoms with Crippen molar-refractivity contribution in [3.8, 4) is 11.5 Å². The minimum Gasteiger partial charge on any atom is -0.493 e. The van der Waals surface area contributed by atoms with Crippen LogP contribution in [0.3, 0.4) is 0 Å². The van der Waals surface area contributed by atoms with Gasteiger partial charge in [-0.05, 0) is 45.2 Å². The van der Waals surface area contributed by atoms with Gasteiger partial charge < -0.3 is 29.7 Å². The molecule has 0 aliphatic carbocycles. The Morgan fingerprint density at radius 1 is 1.20 bits per heavy atom. The van der Waals surface area contributed by atoms with Crippen molar-refractivity contribution in [2.75, 3.05) is 53.6 Å². The maximum atomic E-state index is 6.01. The van der Waals surface area contributed by atoms with Crippen LogP contribution in [0.2, 0.25) is 0 Å². The molecule has 8 heteroatoms. The standard InChI is InChI=1S/C22H38N4O3.HI/c1-5-23-22(25-19-11-14-26(15-12-19)13-8-16-27-3)24-17-18(2)29-21-10-7-6-9-20(21)28-4;/h6-7,9-10,18-19H,5,8,11-17H2,1-4H3,(H2,23,24,25);1H. The van der Waals surface area contributed by atoms with Crippen molar-refractivity contribution in [3.63, 3.8) is 0 Å². The number of hydrogen-bond donors (Lipinski definition) is 2. The van der Waals surface area contributed by atoms with Gasteiger partial charge >= 0.3 is 0 Å². The first-order valence-electron chi connectivity index (χ1n) is 10.7. The summed E-state index contributed by atoms with van der Waals surface area (Å²) in [5.74, 6) is 2.35. The lowest BCUT2D eigenvalue weighted by Gasteiger charge is -2.33. The fourth-order valence-electron chi connectivity index (χ4n) is 3.44. The smallest absolute Gasteiger partial charge is 0.191 e. The number of hydrogen-bond acceptors (Lipinski definition) is 5. The molecule has 1 aromatic carbocycles. The van der Waals surface area contributed by atoms with Gasteiger partial charge in [0.25, 0.3) is 0 Å². The molecule has 1 aromatic rings. The second-order valence-corrected chi connectivity index (χ2v) is 7.41. The third-order valence-corrected chi connectivity index (χ3v) is 5.00. The Kier molecular flexibility index (Phi) is 13.9. The highest BCUT2D eigenvalue weighted by Crippen LogP contribution is 2.26. The number of methoxy groups -OCH3 is 2. The number of halogens is 1. The summed E-state index contributed by atoms with van der Waals surface area (Å²) in [5.41, 5.74) is 0. The van der Waals surface area contributed by atoms with Gasteiger partial charge in [-0.2, -0.15) is 0 Å². The highest BCUT2D eigenvalue weighted by atomic mass is 127. The number of likely N-dealkylation sites (tertiary alicyclic amines) is 1. The number of piperidine rings is 1. The van der Waals surface area contributed by atoms with Crippen LogP contribution < -0.4 is 20.1 Å². The fraction of sp³-hybridized carbons (Fsp3) is 0.682. The van der Waals surface area contributed by atoms with Gasteiger partial charge in [-0.3, -0.25) is 0 Å². The van der Waals surface area contributed by atoms with Crippen molar-refractivity contribution < 1.29 is 14.2 Å². The average molecular weight is 534 g/mol. The van der Waals surface area contributed by atoms with Crippen molar-refractivity contribution >= 4 is 29.9 Å². The van der Waals surface area contributed by atoms with Gasteiger partial charge in [0, 0.05) is 45.9 Å². The number of para-hydroxylation sites is 2. The average Bonchev–Trinajstić information content (AvgIpc) is 2.74. The molecule has 1 heterocycles. The van der Waals surface area contributed by atoms with E-state index in [1.54, 1.807) is 14.2 Å². The molecule has 1 aliphatic heterocycles. The first-order valence-corrected chi connectivity index (χ1v) is 10.7. The number of rotatable bonds is 11. The molecular formula is C22H39IN4O3. The third-order valence-electron chi connectivity index (χ3n) is 5.00. The van der Waals surface area contributed by atoms with Gasteiger partial charge in [-0.1, -0.05) is 12.1 Å². The summed E-state index contributed by atoms with van der Waals surface area (Å²) in [5, 5.41) is 6.95. The Bertz CT molecular complexity index is 610. The van der Waals surface area contributed by atoms with Crippen LogP contribution in [0.25, 0.3) is 0 Å². The molecule has 1 atom stereocenters. The monoisotopic (exact) mass is 534 g/mol. The predicted octanol–water partition coefficient (Wildman–Crippen LogP) is 3.14. The fourth-order valence-corrected chi connectivity index (χ4v) is 3.44. The molecule has 0 aromatic heterocycles. The highest BCUT2D eigenvalue weighted by molar-refractivity contribution is 14.0. The van der Waals surface area contributed by atoms with Gasteiger partial charge in [0.2, 0.25) is 0 Å². The number of aliphatic imine (C=N–C) groups is 1. The van der Waals surface area contributed by atoms with Crippen LogP contribution in [-0.4, -0.2) is 76.6 Å². The summed E-state index contributed by atoms with van der Waals surface area (Å²) >= 11 is 0. The molecule has 0 radical (unpaired) electrons. The van der Waals surface area contributed by atoms with E-state index >= 15 is 0 Å². The largest absolute Gasteiger partial charge is 0.493 e. The molecule has 1 saturated heterocycles. The summed E-state index contributed by atoms with van der Waals surface area (Å²) in [6, 6.07) is 8.16. The molecule has 172 valence electrons. The molecule has 1 aliphatic rings. The summed E-state index contributed by atoms with van der Waals surface area (Å²) < 4.78 is 16.5. The van der Waals surface area contributed by atoms with Crippen LogP contribution in [0, 0.1) is 0 Å². The first-order chi connectivity index (χ1) is 14.2. The quantitative estimate of drug-likeness (QED) is 0.197. The summed E-state index contributed by atoms with van der Waals surface area (Å²) in [6.07, 6.45) is 3.31. The molecule has 0 amide bonds. The maximum absolute atomic E-state index is 6.01. The van der Waals surface area contributed by atoms with E-state index in [0.29, 0.717) is 12.6 Å². The molecular weight excluding hydrogens is 495 g/mol. The Morgan fingerprint density at radius 2 is 1.90 bits per heavy atom. The molecule has 0 spiro atoms. The molecule has 1 unspecified atom stereocenters. The third kappa shape index (κ3) is 9.70. The summed E-state index contributed by atoms with van der Waals surface area (Å²) in [6.45, 7) is 9.72. The van der Waals surface area contributed by atoms with Gasteiger partial charge in [0.05, 0.1) is 13.7 Å². The van der Waals surface area contributed by atoms with Crippen LogP contribution >= 0.6 is 24.0 Å². The molecule has 1 fully saturated rings. The topological polar surface area (TPSA) is 67.4 Å². The zero-order chi connectivity index (χ0) is 20.9. The predicted molar refractivity (Wildman–Crippen MR) is 134 cm³/mol. The van der Waals surface area contributed by atoms with Crippen LogP contribution in [0.1, 0.15) is 33.1 Å². The van der Waals surface area contributed by atoms with Gasteiger partial charge in [0.1, 0.15) is 6.10 Å².